The summed E-state index contributed by atoms with van der Waals surface area (Å²) in [5.74, 6) is 0.626. The van der Waals surface area contributed by atoms with E-state index in [4.69, 9.17) is 5.73 Å². The van der Waals surface area contributed by atoms with E-state index in [9.17, 15) is 4.39 Å². The zero-order chi connectivity index (χ0) is 7.90. The summed E-state index contributed by atoms with van der Waals surface area (Å²) in [6.45, 7) is 0. The summed E-state index contributed by atoms with van der Waals surface area (Å²) < 4.78 is 13.7. The molecule has 0 heterocycles. The molecule has 3 aliphatic rings. The second kappa shape index (κ2) is 2.44. The van der Waals surface area contributed by atoms with E-state index >= 15 is 0 Å². The number of hydrogen-bond acceptors (Lipinski definition) is 1. The van der Waals surface area contributed by atoms with Gasteiger partial charge in [-0.25, -0.2) is 4.39 Å². The highest BCUT2D eigenvalue weighted by molar-refractivity contribution is 4.94. The Balaban J connectivity index is 2.14. The normalized spacial score (nSPS) is 50.7. The highest BCUT2D eigenvalue weighted by Crippen LogP contribution is 2.43. The molecule has 64 valence electrons. The summed E-state index contributed by atoms with van der Waals surface area (Å²) in [7, 11) is 0. The van der Waals surface area contributed by atoms with E-state index < -0.39 is 5.67 Å². The van der Waals surface area contributed by atoms with Gasteiger partial charge < -0.3 is 5.73 Å². The molecule has 3 aliphatic carbocycles. The van der Waals surface area contributed by atoms with Gasteiger partial charge in [0.2, 0.25) is 0 Å². The number of rotatable bonds is 0. The maximum Gasteiger partial charge on any atom is 0.111 e. The van der Waals surface area contributed by atoms with Crippen LogP contribution < -0.4 is 5.73 Å². The molecule has 2 N–H and O–H groups in total. The molecule has 0 saturated heterocycles. The van der Waals surface area contributed by atoms with Crippen molar-refractivity contribution in [2.75, 3.05) is 0 Å². The molecule has 1 atom stereocenters. The van der Waals surface area contributed by atoms with E-state index in [0.717, 1.165) is 32.1 Å². The fourth-order valence-electron chi connectivity index (χ4n) is 2.50. The number of hydrogen-bond donors (Lipinski definition) is 1. The zero-order valence-electron chi connectivity index (χ0n) is 6.85. The Bertz CT molecular complexity index is 150. The van der Waals surface area contributed by atoms with Crippen molar-refractivity contribution in [1.29, 1.82) is 0 Å². The molecule has 3 rings (SSSR count). The third-order valence-corrected chi connectivity index (χ3v) is 3.46. The molecule has 0 aromatic heterocycles. The Morgan fingerprint density at radius 2 is 1.64 bits per heavy atom. The van der Waals surface area contributed by atoms with Gasteiger partial charge in [-0.15, -0.1) is 0 Å². The average Bonchev–Trinajstić information content (AvgIpc) is 2.21. The van der Waals surface area contributed by atoms with Gasteiger partial charge in [0.1, 0.15) is 5.67 Å². The van der Waals surface area contributed by atoms with Gasteiger partial charge in [0, 0.05) is 6.04 Å². The second-order valence-electron chi connectivity index (χ2n) is 4.19. The molecule has 11 heavy (non-hydrogen) atoms. The van der Waals surface area contributed by atoms with Crippen LogP contribution in [-0.4, -0.2) is 11.7 Å². The minimum Gasteiger partial charge on any atom is -0.327 e. The Morgan fingerprint density at radius 1 is 1.09 bits per heavy atom. The molecule has 0 radical (unpaired) electrons. The highest BCUT2D eigenvalue weighted by Gasteiger charge is 2.40. The molecule has 0 amide bonds. The second-order valence-corrected chi connectivity index (χ2v) is 4.19. The van der Waals surface area contributed by atoms with Gasteiger partial charge in [-0.3, -0.25) is 0 Å². The first-order valence-corrected chi connectivity index (χ1v) is 4.64. The predicted octanol–water partition coefficient (Wildman–Crippen LogP) is 2.01. The molecule has 2 heteroatoms. The Hall–Kier alpha value is -0.110. The van der Waals surface area contributed by atoms with Crippen molar-refractivity contribution < 1.29 is 4.39 Å². The monoisotopic (exact) mass is 157 g/mol. The average molecular weight is 157 g/mol. The lowest BCUT2D eigenvalue weighted by Gasteiger charge is -2.29. The maximum atomic E-state index is 13.7. The van der Waals surface area contributed by atoms with Crippen LogP contribution in [-0.2, 0) is 0 Å². The van der Waals surface area contributed by atoms with Crippen LogP contribution in [0.3, 0.4) is 0 Å². The smallest absolute Gasteiger partial charge is 0.111 e. The first kappa shape index (κ1) is 7.53. The lowest BCUT2D eigenvalue weighted by molar-refractivity contribution is 0.0968. The number of nitrogens with two attached hydrogens (primary N) is 1. The van der Waals surface area contributed by atoms with Crippen LogP contribution in [0.4, 0.5) is 4.39 Å². The lowest BCUT2D eigenvalue weighted by atomic mass is 9.81. The molecule has 0 spiro atoms. The van der Waals surface area contributed by atoms with Crippen molar-refractivity contribution in [2.45, 2.75) is 50.2 Å². The fraction of sp³-hybridized carbons (Fsp3) is 1.00. The van der Waals surface area contributed by atoms with Crippen molar-refractivity contribution in [3.05, 3.63) is 0 Å². The van der Waals surface area contributed by atoms with Crippen molar-refractivity contribution in [3.63, 3.8) is 0 Å². The summed E-state index contributed by atoms with van der Waals surface area (Å²) >= 11 is 0. The van der Waals surface area contributed by atoms with Gasteiger partial charge in [-0.05, 0) is 44.4 Å². The SMILES string of the molecule is NC1CCC2(F)CCC1CC2. The Kier molecular flexibility index (Phi) is 1.67. The first-order chi connectivity index (χ1) is 5.20. The van der Waals surface area contributed by atoms with Crippen LogP contribution >= 0.6 is 0 Å². The van der Waals surface area contributed by atoms with Crippen LogP contribution in [0.15, 0.2) is 0 Å². The number of fused-ring (bicyclic) bond motifs is 4. The Morgan fingerprint density at radius 3 is 2.27 bits per heavy atom. The topological polar surface area (TPSA) is 26.0 Å². The van der Waals surface area contributed by atoms with Crippen molar-refractivity contribution >= 4 is 0 Å². The molecule has 1 unspecified atom stereocenters. The van der Waals surface area contributed by atoms with Crippen LogP contribution in [0.2, 0.25) is 0 Å². The van der Waals surface area contributed by atoms with E-state index in [1.165, 1.54) is 0 Å². The van der Waals surface area contributed by atoms with Gasteiger partial charge in [0.15, 0.2) is 0 Å². The van der Waals surface area contributed by atoms with E-state index in [0.29, 0.717) is 12.3 Å². The van der Waals surface area contributed by atoms with Crippen LogP contribution in [0.25, 0.3) is 0 Å². The maximum absolute atomic E-state index is 13.7. The molecule has 0 aromatic carbocycles. The van der Waals surface area contributed by atoms with Crippen LogP contribution in [0.5, 0.6) is 0 Å². The van der Waals surface area contributed by atoms with Gasteiger partial charge in [-0.2, -0.15) is 0 Å². The summed E-state index contributed by atoms with van der Waals surface area (Å²) in [6, 6.07) is 0.287. The van der Waals surface area contributed by atoms with E-state index in [-0.39, 0.29) is 6.04 Å². The summed E-state index contributed by atoms with van der Waals surface area (Å²) in [4.78, 5) is 0. The first-order valence-electron chi connectivity index (χ1n) is 4.64. The molecule has 3 saturated carbocycles. The van der Waals surface area contributed by atoms with Crippen molar-refractivity contribution in [3.8, 4) is 0 Å². The quantitative estimate of drug-likeness (QED) is 0.572. The molecule has 2 bridgehead atoms. The zero-order valence-corrected chi connectivity index (χ0v) is 6.85. The third kappa shape index (κ3) is 1.28. The van der Waals surface area contributed by atoms with Gasteiger partial charge >= 0.3 is 0 Å². The predicted molar refractivity (Wildman–Crippen MR) is 43.0 cm³/mol. The van der Waals surface area contributed by atoms with Crippen LogP contribution in [0.1, 0.15) is 38.5 Å². The molecule has 3 fully saturated rings. The van der Waals surface area contributed by atoms with Crippen LogP contribution in [0, 0.1) is 5.92 Å². The summed E-state index contributed by atoms with van der Waals surface area (Å²) in [5.41, 5.74) is 5.08. The van der Waals surface area contributed by atoms with Gasteiger partial charge in [-0.1, -0.05) is 0 Å². The minimum atomic E-state index is -0.829. The van der Waals surface area contributed by atoms with Gasteiger partial charge in [0.05, 0.1) is 0 Å². The van der Waals surface area contributed by atoms with Crippen molar-refractivity contribution in [2.24, 2.45) is 11.7 Å². The van der Waals surface area contributed by atoms with E-state index in [1.54, 1.807) is 0 Å². The number of alkyl halides is 1. The lowest BCUT2D eigenvalue weighted by Crippen LogP contribution is -2.30. The largest absolute Gasteiger partial charge is 0.327 e. The number of halogens is 1. The summed E-state index contributed by atoms with van der Waals surface area (Å²) in [5, 5.41) is 0. The molecule has 0 aliphatic heterocycles. The molecule has 1 nitrogen and oxygen atoms in total. The highest BCUT2D eigenvalue weighted by atomic mass is 19.1. The molecule has 0 aromatic rings. The third-order valence-electron chi connectivity index (χ3n) is 3.46. The summed E-state index contributed by atoms with van der Waals surface area (Å²) in [6.07, 6.45) is 5.21. The Labute approximate surface area is 67.2 Å². The van der Waals surface area contributed by atoms with E-state index in [1.807, 2.05) is 0 Å². The van der Waals surface area contributed by atoms with Crippen molar-refractivity contribution in [1.82, 2.24) is 0 Å². The molecular weight excluding hydrogens is 141 g/mol. The van der Waals surface area contributed by atoms with E-state index in [2.05, 4.69) is 0 Å². The van der Waals surface area contributed by atoms with Gasteiger partial charge in [0.25, 0.3) is 0 Å². The fourth-order valence-corrected chi connectivity index (χ4v) is 2.50. The molecular formula is C9H16FN. The standard InChI is InChI=1S/C9H16FN/c10-9-4-1-7(2-5-9)8(11)3-6-9/h7-8H,1-6,11H2. The minimum absolute atomic E-state index is 0.287.